The van der Waals surface area contributed by atoms with Gasteiger partial charge in [0.15, 0.2) is 0 Å². The smallest absolute Gasteiger partial charge is 0.218 e. The predicted octanol–water partition coefficient (Wildman–Crippen LogP) is 3.05. The van der Waals surface area contributed by atoms with Crippen LogP contribution in [0.3, 0.4) is 0 Å². The van der Waals surface area contributed by atoms with E-state index >= 15 is 0 Å². The topological polar surface area (TPSA) is 78.4 Å². The van der Waals surface area contributed by atoms with Crippen molar-refractivity contribution in [1.82, 2.24) is 20.4 Å². The molecule has 2 heterocycles. The Balaban J connectivity index is 2.06. The van der Waals surface area contributed by atoms with E-state index in [4.69, 9.17) is 0 Å². The van der Waals surface area contributed by atoms with E-state index in [1.807, 2.05) is 32.0 Å². The minimum atomic E-state index is -1.24. The minimum absolute atomic E-state index is 0.148. The van der Waals surface area contributed by atoms with Crippen LogP contribution < -0.4 is 5.32 Å². The monoisotopic (exact) mass is 434 g/mol. The highest BCUT2D eigenvalue weighted by atomic mass is 16.3. The highest BCUT2D eigenvalue weighted by Crippen LogP contribution is 2.50. The summed E-state index contributed by atoms with van der Waals surface area (Å²) in [5.41, 5.74) is 0.861. The zero-order chi connectivity index (χ0) is 23.7. The maximum absolute atomic E-state index is 12.3. The normalized spacial score (nSPS) is 17.7. The van der Waals surface area contributed by atoms with E-state index < -0.39 is 11.1 Å². The summed E-state index contributed by atoms with van der Waals surface area (Å²) in [6, 6.07) is 10.0. The Labute approximate surface area is 191 Å². The van der Waals surface area contributed by atoms with Gasteiger partial charge < -0.3 is 15.3 Å². The number of nitrogens with zero attached hydrogens (tertiary/aromatic N) is 3. The molecule has 0 radical (unpaired) electrons. The zero-order valence-electron chi connectivity index (χ0n) is 20.2. The van der Waals surface area contributed by atoms with Gasteiger partial charge in [-0.05, 0) is 49.9 Å². The summed E-state index contributed by atoms with van der Waals surface area (Å²) in [7, 11) is 2.05. The number of rotatable bonds is 5. The average molecular weight is 435 g/mol. The quantitative estimate of drug-likeness (QED) is 0.707. The molecule has 1 fully saturated rings. The van der Waals surface area contributed by atoms with Crippen molar-refractivity contribution in [1.29, 1.82) is 0 Å². The third-order valence-electron chi connectivity index (χ3n) is 6.17. The molecule has 1 aromatic carbocycles. The highest BCUT2D eigenvalue weighted by Gasteiger charge is 2.55. The number of carbonyl (C=O) groups is 1. The van der Waals surface area contributed by atoms with Crippen LogP contribution in [0.2, 0.25) is 0 Å². The molecule has 1 saturated heterocycles. The van der Waals surface area contributed by atoms with Crippen molar-refractivity contribution in [3.63, 3.8) is 0 Å². The molecule has 2 N–H and O–H groups in total. The predicted molar refractivity (Wildman–Crippen MR) is 126 cm³/mol. The van der Waals surface area contributed by atoms with E-state index in [0.29, 0.717) is 17.2 Å². The van der Waals surface area contributed by atoms with Crippen molar-refractivity contribution >= 4 is 5.91 Å². The van der Waals surface area contributed by atoms with Crippen molar-refractivity contribution in [3.05, 3.63) is 58.9 Å². The van der Waals surface area contributed by atoms with Gasteiger partial charge in [-0.3, -0.25) is 4.79 Å². The first kappa shape index (κ1) is 23.9. The average Bonchev–Trinajstić information content (AvgIpc) is 2.70. The molecule has 0 spiro atoms. The van der Waals surface area contributed by atoms with Crippen LogP contribution in [0.15, 0.2) is 36.5 Å². The Kier molecular flexibility index (Phi) is 6.46. The number of hydrogen-bond donors (Lipinski definition) is 2. The lowest BCUT2D eigenvalue weighted by atomic mass is 9.62. The number of aromatic nitrogens is 2. The molecule has 1 aromatic heterocycles. The number of carbonyl (C=O) groups excluding carboxylic acids is 1. The fraction of sp³-hybridized carbons (Fsp3) is 0.500. The summed E-state index contributed by atoms with van der Waals surface area (Å²) in [6.45, 7) is 13.1. The second-order valence-corrected chi connectivity index (χ2v) is 10.1. The van der Waals surface area contributed by atoms with Crippen LogP contribution in [0.25, 0.3) is 0 Å². The molecular weight excluding hydrogens is 400 g/mol. The first-order valence-corrected chi connectivity index (χ1v) is 11.0. The highest BCUT2D eigenvalue weighted by molar-refractivity contribution is 5.74. The summed E-state index contributed by atoms with van der Waals surface area (Å²) in [5, 5.41) is 23.4. The van der Waals surface area contributed by atoms with Gasteiger partial charge >= 0.3 is 0 Å². The lowest BCUT2D eigenvalue weighted by molar-refractivity contribution is -0.127. The summed E-state index contributed by atoms with van der Waals surface area (Å²) in [5.74, 6) is 6.33. The number of likely N-dealkylation sites (tertiary alicyclic amines) is 1. The Morgan fingerprint density at radius 1 is 1.22 bits per heavy atom. The molecule has 0 bridgehead atoms. The van der Waals surface area contributed by atoms with Crippen molar-refractivity contribution in [2.75, 3.05) is 20.1 Å². The van der Waals surface area contributed by atoms with Gasteiger partial charge in [0.05, 0.1) is 11.7 Å². The first-order chi connectivity index (χ1) is 14.9. The molecule has 0 saturated carbocycles. The minimum Gasteiger partial charge on any atom is -0.380 e. The maximum atomic E-state index is 12.3. The van der Waals surface area contributed by atoms with E-state index in [2.05, 4.69) is 72.2 Å². The fourth-order valence-corrected chi connectivity index (χ4v) is 4.66. The zero-order valence-corrected chi connectivity index (χ0v) is 20.2. The fourth-order valence-electron chi connectivity index (χ4n) is 4.66. The summed E-state index contributed by atoms with van der Waals surface area (Å²) < 4.78 is 0. The number of benzene rings is 1. The van der Waals surface area contributed by atoms with Gasteiger partial charge in [0.2, 0.25) is 5.91 Å². The Bertz CT molecular complexity index is 1040. The third-order valence-corrected chi connectivity index (χ3v) is 6.17. The summed E-state index contributed by atoms with van der Waals surface area (Å²) in [4.78, 5) is 13.6. The molecule has 32 heavy (non-hydrogen) atoms. The molecule has 170 valence electrons. The van der Waals surface area contributed by atoms with Gasteiger partial charge in [-0.2, -0.15) is 5.10 Å². The van der Waals surface area contributed by atoms with Gasteiger partial charge in [0.1, 0.15) is 11.3 Å². The molecular formula is C26H34N4O2. The van der Waals surface area contributed by atoms with E-state index in [-0.39, 0.29) is 11.3 Å². The van der Waals surface area contributed by atoms with E-state index in [1.165, 1.54) is 12.5 Å². The second kappa shape index (κ2) is 8.65. The van der Waals surface area contributed by atoms with Crippen molar-refractivity contribution in [2.45, 2.75) is 58.6 Å². The molecule has 1 amide bonds. The van der Waals surface area contributed by atoms with Crippen molar-refractivity contribution in [2.24, 2.45) is 5.41 Å². The van der Waals surface area contributed by atoms with Gasteiger partial charge in [-0.25, -0.2) is 0 Å². The number of amides is 1. The van der Waals surface area contributed by atoms with Crippen LogP contribution in [0.4, 0.5) is 0 Å². The lowest BCUT2D eigenvalue weighted by Crippen LogP contribution is -2.63. The Morgan fingerprint density at radius 2 is 1.84 bits per heavy atom. The second-order valence-electron chi connectivity index (χ2n) is 10.1. The standard InChI is InChI=1S/C26H34N4O2/c1-18(2)20-8-10-21(11-9-20)26(32,25(6)16-30(7)17-25)22-14-23(29-27-15-22)12-13-24(4,5)28-19(3)31/h8-11,14-15,18,32H,16-17H2,1-7H3,(H,28,31)/t26-/m0/s1. The molecule has 1 aliphatic heterocycles. The van der Waals surface area contributed by atoms with Gasteiger partial charge in [-0.15, -0.1) is 5.10 Å². The van der Waals surface area contributed by atoms with Gasteiger partial charge in [0.25, 0.3) is 0 Å². The van der Waals surface area contributed by atoms with Crippen molar-refractivity contribution in [3.8, 4) is 11.8 Å². The maximum Gasteiger partial charge on any atom is 0.218 e. The molecule has 1 atom stereocenters. The molecule has 6 heteroatoms. The summed E-state index contributed by atoms with van der Waals surface area (Å²) in [6.07, 6.45) is 1.63. The van der Waals surface area contributed by atoms with Crippen LogP contribution in [0, 0.1) is 17.3 Å². The molecule has 6 nitrogen and oxygen atoms in total. The Hall–Kier alpha value is -2.75. The van der Waals surface area contributed by atoms with Crippen LogP contribution in [-0.2, 0) is 10.4 Å². The Morgan fingerprint density at radius 3 is 2.38 bits per heavy atom. The van der Waals surface area contributed by atoms with E-state index in [9.17, 15) is 9.90 Å². The molecule has 3 rings (SSSR count). The van der Waals surface area contributed by atoms with Crippen LogP contribution in [-0.4, -0.2) is 51.8 Å². The molecule has 0 unspecified atom stereocenters. The van der Waals surface area contributed by atoms with Crippen LogP contribution in [0.5, 0.6) is 0 Å². The van der Waals surface area contributed by atoms with E-state index in [1.54, 1.807) is 6.20 Å². The number of aliphatic hydroxyl groups is 1. The molecule has 1 aliphatic rings. The number of hydrogen-bond acceptors (Lipinski definition) is 5. The molecule has 2 aromatic rings. The number of nitrogens with one attached hydrogen (secondary N) is 1. The molecule has 0 aliphatic carbocycles. The SMILES string of the molecule is CC(=O)NC(C)(C)C#Cc1cc([C@@](O)(c2ccc(C(C)C)cc2)C2(C)CN(C)C2)cnn1. The largest absolute Gasteiger partial charge is 0.380 e. The van der Waals surface area contributed by atoms with Gasteiger partial charge in [-0.1, -0.05) is 51.0 Å². The van der Waals surface area contributed by atoms with E-state index in [0.717, 1.165) is 18.7 Å². The van der Waals surface area contributed by atoms with Gasteiger partial charge in [0, 0.05) is 31.0 Å². The summed E-state index contributed by atoms with van der Waals surface area (Å²) >= 11 is 0. The van der Waals surface area contributed by atoms with Crippen molar-refractivity contribution < 1.29 is 9.90 Å². The first-order valence-electron chi connectivity index (χ1n) is 11.0. The lowest BCUT2D eigenvalue weighted by Gasteiger charge is -2.55. The van der Waals surface area contributed by atoms with Crippen LogP contribution >= 0.6 is 0 Å². The third kappa shape index (κ3) is 4.69. The van der Waals surface area contributed by atoms with Crippen LogP contribution in [0.1, 0.15) is 69.8 Å².